The lowest BCUT2D eigenvalue weighted by molar-refractivity contribution is 0.112. The Morgan fingerprint density at radius 1 is 1.31 bits per heavy atom. The van der Waals surface area contributed by atoms with E-state index in [2.05, 4.69) is 4.98 Å². The maximum absolute atomic E-state index is 13.6. The van der Waals surface area contributed by atoms with Crippen LogP contribution in [0.25, 0.3) is 11.3 Å². The van der Waals surface area contributed by atoms with Gasteiger partial charge in [-0.25, -0.2) is 4.39 Å². The quantitative estimate of drug-likeness (QED) is 0.721. The Labute approximate surface area is 92.8 Å². The van der Waals surface area contributed by atoms with E-state index in [9.17, 15) is 9.18 Å². The standard InChI is InChI=1S/C13H10FNO/c1-9-3-2-6-15-13(9)11-7-10(8-16)4-5-12(11)14/h2-8H,1H3. The van der Waals surface area contributed by atoms with Crippen LogP contribution in [-0.4, -0.2) is 11.3 Å². The zero-order chi connectivity index (χ0) is 11.5. The number of aldehydes is 1. The lowest BCUT2D eigenvalue weighted by Crippen LogP contribution is -1.92. The Morgan fingerprint density at radius 3 is 2.81 bits per heavy atom. The summed E-state index contributed by atoms with van der Waals surface area (Å²) in [6.07, 6.45) is 2.30. The van der Waals surface area contributed by atoms with Gasteiger partial charge in [0, 0.05) is 17.3 Å². The molecule has 0 spiro atoms. The van der Waals surface area contributed by atoms with Gasteiger partial charge in [-0.05, 0) is 36.8 Å². The molecule has 0 saturated carbocycles. The highest BCUT2D eigenvalue weighted by molar-refractivity contribution is 5.78. The first-order chi connectivity index (χ1) is 7.72. The molecule has 0 aliphatic heterocycles. The van der Waals surface area contributed by atoms with Crippen molar-refractivity contribution in [2.24, 2.45) is 0 Å². The van der Waals surface area contributed by atoms with Gasteiger partial charge in [0.2, 0.25) is 0 Å². The van der Waals surface area contributed by atoms with Crippen LogP contribution >= 0.6 is 0 Å². The number of rotatable bonds is 2. The van der Waals surface area contributed by atoms with E-state index in [1.165, 1.54) is 18.2 Å². The lowest BCUT2D eigenvalue weighted by Gasteiger charge is -2.06. The van der Waals surface area contributed by atoms with Gasteiger partial charge in [0.1, 0.15) is 12.1 Å². The van der Waals surface area contributed by atoms with Crippen molar-refractivity contribution in [1.82, 2.24) is 4.98 Å². The molecule has 0 bridgehead atoms. The molecule has 0 N–H and O–H groups in total. The van der Waals surface area contributed by atoms with E-state index in [1.54, 1.807) is 12.3 Å². The van der Waals surface area contributed by atoms with Gasteiger partial charge in [0.15, 0.2) is 0 Å². The number of halogens is 1. The number of nitrogens with zero attached hydrogens (tertiary/aromatic N) is 1. The van der Waals surface area contributed by atoms with E-state index in [0.29, 0.717) is 23.1 Å². The third-order valence-electron chi connectivity index (χ3n) is 2.39. The SMILES string of the molecule is Cc1cccnc1-c1cc(C=O)ccc1F. The molecule has 2 rings (SSSR count). The van der Waals surface area contributed by atoms with Gasteiger partial charge in [-0.15, -0.1) is 0 Å². The summed E-state index contributed by atoms with van der Waals surface area (Å²) >= 11 is 0. The molecule has 0 aliphatic rings. The van der Waals surface area contributed by atoms with Gasteiger partial charge in [0.05, 0.1) is 5.69 Å². The van der Waals surface area contributed by atoms with E-state index < -0.39 is 0 Å². The normalized spacial score (nSPS) is 10.1. The van der Waals surface area contributed by atoms with Gasteiger partial charge in [-0.3, -0.25) is 9.78 Å². The molecule has 1 heterocycles. The molecule has 16 heavy (non-hydrogen) atoms. The third kappa shape index (κ3) is 1.84. The fraction of sp³-hybridized carbons (Fsp3) is 0.0769. The Kier molecular flexibility index (Phi) is 2.77. The zero-order valence-electron chi connectivity index (χ0n) is 8.77. The third-order valence-corrected chi connectivity index (χ3v) is 2.39. The predicted octanol–water partition coefficient (Wildman–Crippen LogP) is 3.01. The molecule has 0 aliphatic carbocycles. The summed E-state index contributed by atoms with van der Waals surface area (Å²) in [7, 11) is 0. The molecule has 2 nitrogen and oxygen atoms in total. The highest BCUT2D eigenvalue weighted by atomic mass is 19.1. The molecule has 0 radical (unpaired) electrons. The summed E-state index contributed by atoms with van der Waals surface area (Å²) in [5, 5.41) is 0. The van der Waals surface area contributed by atoms with Crippen LogP contribution in [0, 0.1) is 12.7 Å². The summed E-state index contributed by atoms with van der Waals surface area (Å²) in [4.78, 5) is 14.8. The number of pyridine rings is 1. The highest BCUT2D eigenvalue weighted by Crippen LogP contribution is 2.24. The second-order valence-corrected chi connectivity index (χ2v) is 3.53. The largest absolute Gasteiger partial charge is 0.298 e. The number of aromatic nitrogens is 1. The minimum Gasteiger partial charge on any atom is -0.298 e. The molecule has 1 aromatic carbocycles. The van der Waals surface area contributed by atoms with Crippen LogP contribution in [0.2, 0.25) is 0 Å². The fourth-order valence-corrected chi connectivity index (χ4v) is 1.57. The molecular weight excluding hydrogens is 205 g/mol. The second-order valence-electron chi connectivity index (χ2n) is 3.53. The molecule has 0 saturated heterocycles. The van der Waals surface area contributed by atoms with Gasteiger partial charge in [0.25, 0.3) is 0 Å². The Balaban J connectivity index is 2.63. The number of carbonyl (C=O) groups is 1. The van der Waals surface area contributed by atoms with Crippen LogP contribution in [0.1, 0.15) is 15.9 Å². The van der Waals surface area contributed by atoms with Crippen LogP contribution < -0.4 is 0 Å². The van der Waals surface area contributed by atoms with Crippen LogP contribution in [0.3, 0.4) is 0 Å². The van der Waals surface area contributed by atoms with Crippen molar-refractivity contribution in [1.29, 1.82) is 0 Å². The number of benzene rings is 1. The first-order valence-corrected chi connectivity index (χ1v) is 4.89. The number of carbonyl (C=O) groups excluding carboxylic acids is 1. The van der Waals surface area contributed by atoms with Crippen LogP contribution in [0.5, 0.6) is 0 Å². The van der Waals surface area contributed by atoms with Crippen LogP contribution in [0.15, 0.2) is 36.5 Å². The molecule has 0 fully saturated rings. The topological polar surface area (TPSA) is 30.0 Å². The van der Waals surface area contributed by atoms with E-state index in [-0.39, 0.29) is 5.82 Å². The number of hydrogen-bond donors (Lipinski definition) is 0. The molecule has 0 unspecified atom stereocenters. The summed E-state index contributed by atoms with van der Waals surface area (Å²) in [6, 6.07) is 7.89. The van der Waals surface area contributed by atoms with Crippen LogP contribution in [-0.2, 0) is 0 Å². The Morgan fingerprint density at radius 2 is 2.12 bits per heavy atom. The lowest BCUT2D eigenvalue weighted by atomic mass is 10.0. The van der Waals surface area contributed by atoms with Gasteiger partial charge in [-0.2, -0.15) is 0 Å². The average Bonchev–Trinajstić information content (AvgIpc) is 2.31. The predicted molar refractivity (Wildman–Crippen MR) is 59.8 cm³/mol. The summed E-state index contributed by atoms with van der Waals surface area (Å²) in [6.45, 7) is 1.86. The zero-order valence-corrected chi connectivity index (χ0v) is 8.77. The van der Waals surface area contributed by atoms with Crippen molar-refractivity contribution >= 4 is 6.29 Å². The van der Waals surface area contributed by atoms with Crippen molar-refractivity contribution in [3.05, 3.63) is 53.5 Å². The molecule has 0 atom stereocenters. The van der Waals surface area contributed by atoms with Crippen molar-refractivity contribution < 1.29 is 9.18 Å². The van der Waals surface area contributed by atoms with Gasteiger partial charge >= 0.3 is 0 Å². The first kappa shape index (κ1) is 10.5. The molecule has 80 valence electrons. The average molecular weight is 215 g/mol. The molecule has 3 heteroatoms. The fourth-order valence-electron chi connectivity index (χ4n) is 1.57. The summed E-state index contributed by atoms with van der Waals surface area (Å²) in [5.74, 6) is -0.368. The Bertz CT molecular complexity index is 537. The van der Waals surface area contributed by atoms with Crippen LogP contribution in [0.4, 0.5) is 4.39 Å². The van der Waals surface area contributed by atoms with E-state index in [4.69, 9.17) is 0 Å². The smallest absolute Gasteiger partial charge is 0.150 e. The van der Waals surface area contributed by atoms with Gasteiger partial charge in [-0.1, -0.05) is 6.07 Å². The number of hydrogen-bond acceptors (Lipinski definition) is 2. The van der Waals surface area contributed by atoms with E-state index in [0.717, 1.165) is 5.56 Å². The molecule has 2 aromatic rings. The minimum absolute atomic E-state index is 0.364. The molecule has 0 amide bonds. The second kappa shape index (κ2) is 4.23. The summed E-state index contributed by atoms with van der Waals surface area (Å²) < 4.78 is 13.6. The molecule has 1 aromatic heterocycles. The molecular formula is C13H10FNO. The monoisotopic (exact) mass is 215 g/mol. The van der Waals surface area contributed by atoms with Gasteiger partial charge < -0.3 is 0 Å². The maximum atomic E-state index is 13.6. The van der Waals surface area contributed by atoms with Crippen molar-refractivity contribution in [3.63, 3.8) is 0 Å². The maximum Gasteiger partial charge on any atom is 0.150 e. The minimum atomic E-state index is -0.368. The van der Waals surface area contributed by atoms with Crippen molar-refractivity contribution in [2.45, 2.75) is 6.92 Å². The van der Waals surface area contributed by atoms with Crippen molar-refractivity contribution in [2.75, 3.05) is 0 Å². The summed E-state index contributed by atoms with van der Waals surface area (Å²) in [5.41, 5.74) is 2.26. The Hall–Kier alpha value is -2.03. The van der Waals surface area contributed by atoms with E-state index >= 15 is 0 Å². The van der Waals surface area contributed by atoms with Crippen molar-refractivity contribution in [3.8, 4) is 11.3 Å². The number of aryl methyl sites for hydroxylation is 1. The first-order valence-electron chi connectivity index (χ1n) is 4.89. The highest BCUT2D eigenvalue weighted by Gasteiger charge is 2.09. The van der Waals surface area contributed by atoms with E-state index in [1.807, 2.05) is 13.0 Å².